The minimum absolute atomic E-state index is 0.130. The van der Waals surface area contributed by atoms with E-state index in [-0.39, 0.29) is 12.8 Å². The molecule has 0 amide bonds. The van der Waals surface area contributed by atoms with Gasteiger partial charge in [-0.15, -0.1) is 0 Å². The van der Waals surface area contributed by atoms with Crippen LogP contribution in [0.3, 0.4) is 0 Å². The van der Waals surface area contributed by atoms with Crippen molar-refractivity contribution in [3.8, 4) is 0 Å². The minimum atomic E-state index is -4.06. The monoisotopic (exact) mass is 201 g/mol. The molecule has 0 fully saturated rings. The van der Waals surface area contributed by atoms with Crippen LogP contribution in [0.2, 0.25) is 0 Å². The zero-order chi connectivity index (χ0) is 10.3. The molecule has 0 rings (SSSR count). The van der Waals surface area contributed by atoms with Crippen molar-refractivity contribution in [1.82, 2.24) is 0 Å². The summed E-state index contributed by atoms with van der Waals surface area (Å²) in [7, 11) is 0. The standard InChI is InChI=1S/C8H15F4N/c9-7(13)5-3-1-2-4-6-8(10,11)12/h7H,1-6,13H2. The van der Waals surface area contributed by atoms with E-state index in [9.17, 15) is 17.6 Å². The van der Waals surface area contributed by atoms with Gasteiger partial charge in [-0.25, -0.2) is 4.39 Å². The van der Waals surface area contributed by atoms with Crippen molar-refractivity contribution in [2.45, 2.75) is 51.0 Å². The van der Waals surface area contributed by atoms with Crippen LogP contribution in [0.1, 0.15) is 38.5 Å². The zero-order valence-corrected chi connectivity index (χ0v) is 7.41. The molecule has 0 saturated carbocycles. The lowest BCUT2D eigenvalue weighted by Crippen LogP contribution is -2.12. The number of halogens is 4. The van der Waals surface area contributed by atoms with Gasteiger partial charge in [0.2, 0.25) is 0 Å². The Kier molecular flexibility index (Phi) is 6.03. The summed E-state index contributed by atoms with van der Waals surface area (Å²) in [5.74, 6) is 0. The number of unbranched alkanes of at least 4 members (excludes halogenated alkanes) is 3. The molecule has 0 bridgehead atoms. The van der Waals surface area contributed by atoms with E-state index in [1.807, 2.05) is 0 Å². The van der Waals surface area contributed by atoms with Crippen molar-refractivity contribution >= 4 is 0 Å². The molecule has 0 heterocycles. The molecule has 0 aliphatic rings. The summed E-state index contributed by atoms with van der Waals surface area (Å²) in [5.41, 5.74) is 4.83. The van der Waals surface area contributed by atoms with Crippen LogP contribution >= 0.6 is 0 Å². The van der Waals surface area contributed by atoms with Crippen molar-refractivity contribution in [3.05, 3.63) is 0 Å². The second kappa shape index (κ2) is 6.18. The van der Waals surface area contributed by atoms with E-state index in [4.69, 9.17) is 5.73 Å². The smallest absolute Gasteiger partial charge is 0.302 e. The third-order valence-corrected chi connectivity index (χ3v) is 1.69. The maximum atomic E-state index is 12.0. The molecule has 13 heavy (non-hydrogen) atoms. The summed E-state index contributed by atoms with van der Waals surface area (Å²) >= 11 is 0. The van der Waals surface area contributed by atoms with Gasteiger partial charge in [-0.05, 0) is 19.3 Å². The van der Waals surface area contributed by atoms with E-state index >= 15 is 0 Å². The van der Waals surface area contributed by atoms with Crippen molar-refractivity contribution in [2.75, 3.05) is 0 Å². The summed E-state index contributed by atoms with van der Waals surface area (Å²) in [6, 6.07) is 0. The molecule has 0 saturated heterocycles. The molecule has 5 heteroatoms. The normalized spacial score (nSPS) is 14.5. The van der Waals surface area contributed by atoms with E-state index in [0.29, 0.717) is 19.3 Å². The third kappa shape index (κ3) is 11.7. The van der Waals surface area contributed by atoms with Gasteiger partial charge in [-0.3, -0.25) is 0 Å². The van der Waals surface area contributed by atoms with Gasteiger partial charge < -0.3 is 5.73 Å². The van der Waals surface area contributed by atoms with Gasteiger partial charge in [0.25, 0.3) is 0 Å². The lowest BCUT2D eigenvalue weighted by molar-refractivity contribution is -0.135. The molecular weight excluding hydrogens is 186 g/mol. The largest absolute Gasteiger partial charge is 0.389 e. The average molecular weight is 201 g/mol. The second-order valence-electron chi connectivity index (χ2n) is 3.08. The lowest BCUT2D eigenvalue weighted by Gasteiger charge is -2.05. The molecule has 0 aliphatic heterocycles. The van der Waals surface area contributed by atoms with E-state index in [1.54, 1.807) is 0 Å². The molecule has 80 valence electrons. The van der Waals surface area contributed by atoms with Crippen LogP contribution in [-0.2, 0) is 0 Å². The van der Waals surface area contributed by atoms with Crippen molar-refractivity contribution in [3.63, 3.8) is 0 Å². The molecule has 0 spiro atoms. The maximum Gasteiger partial charge on any atom is 0.389 e. The topological polar surface area (TPSA) is 26.0 Å². The Labute approximate surface area is 75.3 Å². The third-order valence-electron chi connectivity index (χ3n) is 1.69. The highest BCUT2D eigenvalue weighted by molar-refractivity contribution is 4.53. The SMILES string of the molecule is NC(F)CCCCCCC(F)(F)F. The summed E-state index contributed by atoms with van der Waals surface area (Å²) in [4.78, 5) is 0. The highest BCUT2D eigenvalue weighted by Crippen LogP contribution is 2.23. The summed E-state index contributed by atoms with van der Waals surface area (Å²) in [6.45, 7) is 0. The second-order valence-corrected chi connectivity index (χ2v) is 3.08. The van der Waals surface area contributed by atoms with Crippen molar-refractivity contribution < 1.29 is 17.6 Å². The molecule has 1 atom stereocenters. The van der Waals surface area contributed by atoms with E-state index in [1.165, 1.54) is 0 Å². The van der Waals surface area contributed by atoms with Crippen molar-refractivity contribution in [1.29, 1.82) is 0 Å². The molecular formula is C8H15F4N. The molecule has 0 aromatic rings. The number of rotatable bonds is 6. The van der Waals surface area contributed by atoms with Gasteiger partial charge in [0.15, 0.2) is 0 Å². The average Bonchev–Trinajstić information content (AvgIpc) is 1.93. The van der Waals surface area contributed by atoms with Crippen LogP contribution in [0.15, 0.2) is 0 Å². The molecule has 2 N–H and O–H groups in total. The first-order chi connectivity index (χ1) is 5.92. The molecule has 0 aliphatic carbocycles. The van der Waals surface area contributed by atoms with Crippen LogP contribution in [-0.4, -0.2) is 12.5 Å². The van der Waals surface area contributed by atoms with Crippen LogP contribution in [0.4, 0.5) is 17.6 Å². The quantitative estimate of drug-likeness (QED) is 0.398. The first-order valence-electron chi connectivity index (χ1n) is 4.38. The van der Waals surface area contributed by atoms with Gasteiger partial charge in [-0.2, -0.15) is 13.2 Å². The van der Waals surface area contributed by atoms with Crippen LogP contribution < -0.4 is 5.73 Å². The number of hydrogen-bond donors (Lipinski definition) is 1. The van der Waals surface area contributed by atoms with Gasteiger partial charge in [0, 0.05) is 6.42 Å². The Balaban J connectivity index is 3.09. The lowest BCUT2D eigenvalue weighted by atomic mass is 10.1. The Morgan fingerprint density at radius 2 is 1.54 bits per heavy atom. The molecule has 0 radical (unpaired) electrons. The van der Waals surface area contributed by atoms with Crippen LogP contribution in [0, 0.1) is 0 Å². The number of hydrogen-bond acceptors (Lipinski definition) is 1. The summed E-state index contributed by atoms with van der Waals surface area (Å²) in [6.07, 6.45) is -4.08. The van der Waals surface area contributed by atoms with E-state index in [0.717, 1.165) is 0 Å². The number of alkyl halides is 4. The molecule has 1 unspecified atom stereocenters. The fourth-order valence-corrected chi connectivity index (χ4v) is 1.02. The Hall–Kier alpha value is -0.320. The summed E-state index contributed by atoms with van der Waals surface area (Å²) in [5, 5.41) is 0. The van der Waals surface area contributed by atoms with Gasteiger partial charge in [0.05, 0.1) is 0 Å². The van der Waals surface area contributed by atoms with Gasteiger partial charge in [-0.1, -0.05) is 12.8 Å². The zero-order valence-electron chi connectivity index (χ0n) is 7.41. The highest BCUT2D eigenvalue weighted by Gasteiger charge is 2.25. The maximum absolute atomic E-state index is 12.0. The van der Waals surface area contributed by atoms with E-state index in [2.05, 4.69) is 0 Å². The Morgan fingerprint density at radius 3 is 2.00 bits per heavy atom. The van der Waals surface area contributed by atoms with Crippen LogP contribution in [0.5, 0.6) is 0 Å². The molecule has 1 nitrogen and oxygen atoms in total. The molecule has 0 aromatic carbocycles. The predicted octanol–water partition coefficient (Wildman–Crippen LogP) is 3.14. The fraction of sp³-hybridized carbons (Fsp3) is 1.00. The molecule has 0 aromatic heterocycles. The Morgan fingerprint density at radius 1 is 1.00 bits per heavy atom. The van der Waals surface area contributed by atoms with Crippen LogP contribution in [0.25, 0.3) is 0 Å². The predicted molar refractivity (Wildman–Crippen MR) is 42.8 cm³/mol. The van der Waals surface area contributed by atoms with Gasteiger partial charge >= 0.3 is 6.18 Å². The minimum Gasteiger partial charge on any atom is -0.302 e. The Bertz CT molecular complexity index is 122. The van der Waals surface area contributed by atoms with Crippen molar-refractivity contribution in [2.24, 2.45) is 5.73 Å². The van der Waals surface area contributed by atoms with Gasteiger partial charge in [0.1, 0.15) is 6.30 Å². The fourth-order valence-electron chi connectivity index (χ4n) is 1.02. The first-order valence-corrected chi connectivity index (χ1v) is 4.38. The summed E-state index contributed by atoms with van der Waals surface area (Å²) < 4.78 is 46.8. The first kappa shape index (κ1) is 12.7. The van der Waals surface area contributed by atoms with E-state index < -0.39 is 18.9 Å². The number of nitrogens with two attached hydrogens (primary N) is 1. The highest BCUT2D eigenvalue weighted by atomic mass is 19.4.